The van der Waals surface area contributed by atoms with Crippen molar-refractivity contribution in [2.24, 2.45) is 5.41 Å². The molecule has 0 saturated heterocycles. The van der Waals surface area contributed by atoms with Crippen LogP contribution >= 0.6 is 0 Å². The van der Waals surface area contributed by atoms with Crippen LogP contribution in [-0.4, -0.2) is 12.6 Å². The number of methoxy groups -OCH3 is 1. The average molecular weight is 264 g/mol. The normalized spacial score (nSPS) is 12.5. The van der Waals surface area contributed by atoms with Gasteiger partial charge in [-0.2, -0.15) is 0 Å². The SMILES string of the molecule is COc1cc(N)ccc1CNC(C)(C)CC(C)(C)C. The lowest BCUT2D eigenvalue weighted by Gasteiger charge is -2.33. The Hall–Kier alpha value is -1.22. The molecule has 0 aliphatic rings. The minimum Gasteiger partial charge on any atom is -0.496 e. The summed E-state index contributed by atoms with van der Waals surface area (Å²) in [4.78, 5) is 0. The van der Waals surface area contributed by atoms with Crippen molar-refractivity contribution in [1.29, 1.82) is 0 Å². The second-order valence-corrected chi connectivity index (χ2v) is 7.05. The van der Waals surface area contributed by atoms with E-state index >= 15 is 0 Å². The Labute approximate surface area is 117 Å². The summed E-state index contributed by atoms with van der Waals surface area (Å²) in [5.74, 6) is 0.846. The molecule has 3 heteroatoms. The fourth-order valence-corrected chi connectivity index (χ4v) is 2.63. The molecule has 0 aliphatic heterocycles. The third-order valence-electron chi connectivity index (χ3n) is 3.04. The first-order chi connectivity index (χ1) is 8.63. The molecule has 0 heterocycles. The third kappa shape index (κ3) is 5.52. The molecule has 0 aromatic heterocycles. The highest BCUT2D eigenvalue weighted by Gasteiger charge is 2.25. The molecule has 1 aromatic rings. The summed E-state index contributed by atoms with van der Waals surface area (Å²) in [6, 6.07) is 5.80. The van der Waals surface area contributed by atoms with Crippen LogP contribution in [0.15, 0.2) is 18.2 Å². The van der Waals surface area contributed by atoms with Crippen LogP contribution in [0.5, 0.6) is 5.75 Å². The standard InChI is InChI=1S/C16H28N2O/c1-15(2,3)11-16(4,5)18-10-12-7-8-13(17)9-14(12)19-6/h7-9,18H,10-11,17H2,1-6H3. The minimum absolute atomic E-state index is 0.0879. The van der Waals surface area contributed by atoms with Gasteiger partial charge in [0.05, 0.1) is 7.11 Å². The molecule has 0 atom stereocenters. The van der Waals surface area contributed by atoms with E-state index in [1.807, 2.05) is 18.2 Å². The summed E-state index contributed by atoms with van der Waals surface area (Å²) >= 11 is 0. The Bertz CT molecular complexity index is 419. The number of nitrogens with two attached hydrogens (primary N) is 1. The van der Waals surface area contributed by atoms with Crippen molar-refractivity contribution >= 4 is 5.69 Å². The van der Waals surface area contributed by atoms with Crippen molar-refractivity contribution in [3.05, 3.63) is 23.8 Å². The Morgan fingerprint density at radius 1 is 1.16 bits per heavy atom. The molecule has 0 spiro atoms. The number of rotatable bonds is 5. The van der Waals surface area contributed by atoms with Gasteiger partial charge in [0, 0.05) is 29.4 Å². The van der Waals surface area contributed by atoms with Crippen LogP contribution in [0.3, 0.4) is 0 Å². The molecule has 1 rings (SSSR count). The van der Waals surface area contributed by atoms with E-state index in [0.717, 1.165) is 30.0 Å². The summed E-state index contributed by atoms with van der Waals surface area (Å²) in [5, 5.41) is 3.61. The maximum Gasteiger partial charge on any atom is 0.125 e. The van der Waals surface area contributed by atoms with Gasteiger partial charge < -0.3 is 15.8 Å². The monoisotopic (exact) mass is 264 g/mol. The minimum atomic E-state index is 0.0879. The molecule has 19 heavy (non-hydrogen) atoms. The molecule has 0 bridgehead atoms. The molecule has 0 unspecified atom stereocenters. The lowest BCUT2D eigenvalue weighted by Crippen LogP contribution is -2.41. The van der Waals surface area contributed by atoms with E-state index in [4.69, 9.17) is 10.5 Å². The highest BCUT2D eigenvalue weighted by atomic mass is 16.5. The molecule has 3 nitrogen and oxygen atoms in total. The largest absolute Gasteiger partial charge is 0.496 e. The molecule has 0 fully saturated rings. The smallest absolute Gasteiger partial charge is 0.125 e. The molecule has 108 valence electrons. The summed E-state index contributed by atoms with van der Waals surface area (Å²) in [7, 11) is 1.68. The zero-order valence-corrected chi connectivity index (χ0v) is 13.1. The van der Waals surface area contributed by atoms with E-state index in [2.05, 4.69) is 39.9 Å². The second kappa shape index (κ2) is 5.83. The quantitative estimate of drug-likeness (QED) is 0.799. The van der Waals surface area contributed by atoms with Gasteiger partial charge in [-0.3, -0.25) is 0 Å². The first kappa shape index (κ1) is 15.8. The number of benzene rings is 1. The Kier molecular flexibility index (Phi) is 4.86. The van der Waals surface area contributed by atoms with Crippen LogP contribution in [0, 0.1) is 5.41 Å². The molecule has 0 amide bonds. The maximum atomic E-state index is 5.77. The van der Waals surface area contributed by atoms with Gasteiger partial charge in [-0.25, -0.2) is 0 Å². The molecule has 1 aromatic carbocycles. The predicted octanol–water partition coefficient (Wildman–Crippen LogP) is 3.58. The van der Waals surface area contributed by atoms with Crippen molar-refractivity contribution in [3.63, 3.8) is 0 Å². The topological polar surface area (TPSA) is 47.3 Å². The van der Waals surface area contributed by atoms with Crippen LogP contribution in [0.25, 0.3) is 0 Å². The van der Waals surface area contributed by atoms with Crippen LogP contribution < -0.4 is 15.8 Å². The Balaban J connectivity index is 2.71. The number of nitrogen functional groups attached to an aromatic ring is 1. The van der Waals surface area contributed by atoms with E-state index in [1.54, 1.807) is 7.11 Å². The van der Waals surface area contributed by atoms with Gasteiger partial charge >= 0.3 is 0 Å². The van der Waals surface area contributed by atoms with Crippen LogP contribution in [0.1, 0.15) is 46.6 Å². The zero-order valence-electron chi connectivity index (χ0n) is 13.1. The fraction of sp³-hybridized carbons (Fsp3) is 0.625. The van der Waals surface area contributed by atoms with E-state index < -0.39 is 0 Å². The summed E-state index contributed by atoms with van der Waals surface area (Å²) in [5.41, 5.74) is 8.03. The van der Waals surface area contributed by atoms with Crippen molar-refractivity contribution in [2.75, 3.05) is 12.8 Å². The number of hydrogen-bond donors (Lipinski definition) is 2. The third-order valence-corrected chi connectivity index (χ3v) is 3.04. The van der Waals surface area contributed by atoms with E-state index in [0.29, 0.717) is 5.41 Å². The first-order valence-corrected chi connectivity index (χ1v) is 6.80. The van der Waals surface area contributed by atoms with Crippen molar-refractivity contribution < 1.29 is 4.74 Å². The van der Waals surface area contributed by atoms with Crippen LogP contribution in [0.2, 0.25) is 0 Å². The fourth-order valence-electron chi connectivity index (χ4n) is 2.63. The van der Waals surface area contributed by atoms with Gasteiger partial charge in [0.1, 0.15) is 5.75 Å². The lowest BCUT2D eigenvalue weighted by atomic mass is 9.82. The number of hydrogen-bond acceptors (Lipinski definition) is 3. The van der Waals surface area contributed by atoms with Crippen molar-refractivity contribution in [2.45, 2.75) is 53.1 Å². The van der Waals surface area contributed by atoms with Crippen LogP contribution in [0.4, 0.5) is 5.69 Å². The summed E-state index contributed by atoms with van der Waals surface area (Å²) in [6.45, 7) is 12.1. The van der Waals surface area contributed by atoms with Gasteiger partial charge in [0.15, 0.2) is 0 Å². The van der Waals surface area contributed by atoms with Gasteiger partial charge in [0.25, 0.3) is 0 Å². The highest BCUT2D eigenvalue weighted by molar-refractivity contribution is 5.48. The molecule has 0 aliphatic carbocycles. The summed E-state index contributed by atoms with van der Waals surface area (Å²) < 4.78 is 5.37. The zero-order chi connectivity index (χ0) is 14.7. The summed E-state index contributed by atoms with van der Waals surface area (Å²) in [6.07, 6.45) is 1.11. The Morgan fingerprint density at radius 3 is 2.32 bits per heavy atom. The number of nitrogens with one attached hydrogen (secondary N) is 1. The van der Waals surface area contributed by atoms with Gasteiger partial charge in [0.2, 0.25) is 0 Å². The molecule has 0 radical (unpaired) electrons. The van der Waals surface area contributed by atoms with Crippen LogP contribution in [-0.2, 0) is 6.54 Å². The molecule has 0 saturated carbocycles. The number of ether oxygens (including phenoxy) is 1. The highest BCUT2D eigenvalue weighted by Crippen LogP contribution is 2.28. The predicted molar refractivity (Wildman–Crippen MR) is 82.4 cm³/mol. The maximum absolute atomic E-state index is 5.77. The average Bonchev–Trinajstić information content (AvgIpc) is 2.24. The lowest BCUT2D eigenvalue weighted by molar-refractivity contribution is 0.240. The molecular weight excluding hydrogens is 236 g/mol. The van der Waals surface area contributed by atoms with Gasteiger partial charge in [-0.1, -0.05) is 26.8 Å². The second-order valence-electron chi connectivity index (χ2n) is 7.05. The number of anilines is 1. The molecular formula is C16H28N2O. The van der Waals surface area contributed by atoms with E-state index in [9.17, 15) is 0 Å². The van der Waals surface area contributed by atoms with Crippen molar-refractivity contribution in [1.82, 2.24) is 5.32 Å². The molecule has 3 N–H and O–H groups in total. The van der Waals surface area contributed by atoms with E-state index in [1.165, 1.54) is 0 Å². The first-order valence-electron chi connectivity index (χ1n) is 6.80. The van der Waals surface area contributed by atoms with E-state index in [-0.39, 0.29) is 5.54 Å². The Morgan fingerprint density at radius 2 is 1.79 bits per heavy atom. The van der Waals surface area contributed by atoms with Gasteiger partial charge in [-0.15, -0.1) is 0 Å². The van der Waals surface area contributed by atoms with Crippen molar-refractivity contribution in [3.8, 4) is 5.75 Å². The van der Waals surface area contributed by atoms with Gasteiger partial charge in [-0.05, 0) is 31.7 Å².